The summed E-state index contributed by atoms with van der Waals surface area (Å²) in [5.74, 6) is -1.58. The number of carboxylic acids is 1. The van der Waals surface area contributed by atoms with Crippen LogP contribution in [0.2, 0.25) is 0 Å². The molecule has 0 saturated carbocycles. The molecule has 0 unspecified atom stereocenters. The Morgan fingerprint density at radius 3 is 2.95 bits per heavy atom. The Labute approximate surface area is 121 Å². The Morgan fingerprint density at radius 1 is 1.55 bits per heavy atom. The van der Waals surface area contributed by atoms with Gasteiger partial charge in [-0.1, -0.05) is 11.8 Å². The average molecular weight is 313 g/mol. The number of thiophene rings is 1. The molecule has 2 N–H and O–H groups in total. The zero-order valence-electron chi connectivity index (χ0n) is 10.5. The van der Waals surface area contributed by atoms with E-state index in [0.717, 1.165) is 11.8 Å². The van der Waals surface area contributed by atoms with Crippen LogP contribution < -0.4 is 10.9 Å². The zero-order chi connectivity index (χ0) is 14.7. The zero-order valence-corrected chi connectivity index (χ0v) is 12.1. The first-order valence-electron chi connectivity index (χ1n) is 5.56. The summed E-state index contributed by atoms with van der Waals surface area (Å²) in [6.07, 6.45) is 0. The van der Waals surface area contributed by atoms with Crippen molar-refractivity contribution in [1.82, 2.24) is 14.9 Å². The van der Waals surface area contributed by atoms with Gasteiger partial charge < -0.3 is 10.4 Å². The lowest BCUT2D eigenvalue weighted by atomic mass is 10.4. The maximum atomic E-state index is 12.3. The molecule has 0 aliphatic carbocycles. The van der Waals surface area contributed by atoms with Gasteiger partial charge in [0.1, 0.15) is 11.2 Å². The van der Waals surface area contributed by atoms with Crippen molar-refractivity contribution in [1.29, 1.82) is 0 Å². The SMILES string of the molecule is CNC(=O)Cn1c(SCC(=O)O)nc2ccsc2c1=O. The van der Waals surface area contributed by atoms with Gasteiger partial charge in [0.2, 0.25) is 5.91 Å². The average Bonchev–Trinajstić information content (AvgIpc) is 2.88. The van der Waals surface area contributed by atoms with Crippen LogP contribution in [0.3, 0.4) is 0 Å². The van der Waals surface area contributed by atoms with E-state index in [4.69, 9.17) is 5.11 Å². The summed E-state index contributed by atoms with van der Waals surface area (Å²) in [6.45, 7) is -0.182. The number of thioether (sulfide) groups is 1. The van der Waals surface area contributed by atoms with Crippen molar-refractivity contribution in [3.63, 3.8) is 0 Å². The van der Waals surface area contributed by atoms with Gasteiger partial charge in [0.05, 0.1) is 11.3 Å². The Bertz CT molecular complexity index is 722. The van der Waals surface area contributed by atoms with E-state index in [1.165, 1.54) is 23.0 Å². The standard InChI is InChI=1S/C11H11N3O4S2/c1-12-7(15)4-14-10(18)9-6(2-3-19-9)13-11(14)20-5-8(16)17/h2-3H,4-5H2,1H3,(H,12,15)(H,16,17). The molecule has 0 bridgehead atoms. The maximum Gasteiger partial charge on any atom is 0.313 e. The fourth-order valence-electron chi connectivity index (χ4n) is 1.52. The number of amides is 1. The highest BCUT2D eigenvalue weighted by Gasteiger charge is 2.15. The predicted molar refractivity (Wildman–Crippen MR) is 76.3 cm³/mol. The summed E-state index contributed by atoms with van der Waals surface area (Å²) in [5, 5.41) is 13.1. The van der Waals surface area contributed by atoms with Crippen LogP contribution in [0.25, 0.3) is 10.2 Å². The number of fused-ring (bicyclic) bond motifs is 1. The number of carbonyl (C=O) groups is 2. The van der Waals surface area contributed by atoms with Crippen LogP contribution in [0, 0.1) is 0 Å². The number of aliphatic carboxylic acids is 1. The lowest BCUT2D eigenvalue weighted by Crippen LogP contribution is -2.31. The highest BCUT2D eigenvalue weighted by Crippen LogP contribution is 2.20. The van der Waals surface area contributed by atoms with Crippen molar-refractivity contribution < 1.29 is 14.7 Å². The van der Waals surface area contributed by atoms with E-state index in [-0.39, 0.29) is 28.9 Å². The molecule has 0 aliphatic heterocycles. The van der Waals surface area contributed by atoms with Gasteiger partial charge in [-0.25, -0.2) is 4.98 Å². The monoisotopic (exact) mass is 313 g/mol. The molecule has 0 saturated heterocycles. The molecule has 0 spiro atoms. The molecular weight excluding hydrogens is 302 g/mol. The van der Waals surface area contributed by atoms with Crippen LogP contribution in [0.15, 0.2) is 21.4 Å². The first-order chi connectivity index (χ1) is 9.52. The van der Waals surface area contributed by atoms with E-state index >= 15 is 0 Å². The third kappa shape index (κ3) is 2.99. The molecule has 9 heteroatoms. The lowest BCUT2D eigenvalue weighted by Gasteiger charge is -2.10. The molecule has 7 nitrogen and oxygen atoms in total. The summed E-state index contributed by atoms with van der Waals surface area (Å²) in [4.78, 5) is 38.7. The molecule has 20 heavy (non-hydrogen) atoms. The summed E-state index contributed by atoms with van der Waals surface area (Å²) in [6, 6.07) is 1.69. The second-order valence-electron chi connectivity index (χ2n) is 3.78. The number of hydrogen-bond acceptors (Lipinski definition) is 6. The van der Waals surface area contributed by atoms with Gasteiger partial charge >= 0.3 is 5.97 Å². The molecule has 2 heterocycles. The topological polar surface area (TPSA) is 101 Å². The third-order valence-electron chi connectivity index (χ3n) is 2.44. The third-order valence-corrected chi connectivity index (χ3v) is 4.29. The minimum atomic E-state index is -1.01. The molecule has 1 amide bonds. The van der Waals surface area contributed by atoms with Crippen molar-refractivity contribution >= 4 is 45.2 Å². The summed E-state index contributed by atoms with van der Waals surface area (Å²) in [7, 11) is 1.47. The van der Waals surface area contributed by atoms with E-state index in [0.29, 0.717) is 10.2 Å². The number of likely N-dealkylation sites (N-methyl/N-ethyl adjacent to an activating group) is 1. The Kier molecular flexibility index (Phi) is 4.40. The van der Waals surface area contributed by atoms with E-state index in [1.54, 1.807) is 11.4 Å². The van der Waals surface area contributed by atoms with E-state index < -0.39 is 5.97 Å². The number of hydrogen-bond donors (Lipinski definition) is 2. The van der Waals surface area contributed by atoms with Crippen molar-refractivity contribution in [3.8, 4) is 0 Å². The molecule has 2 rings (SSSR count). The van der Waals surface area contributed by atoms with Crippen molar-refractivity contribution in [3.05, 3.63) is 21.8 Å². The van der Waals surface area contributed by atoms with Crippen molar-refractivity contribution in [2.45, 2.75) is 11.7 Å². The Balaban J connectivity index is 2.50. The molecule has 2 aromatic rings. The number of aromatic nitrogens is 2. The minimum absolute atomic E-state index is 0.182. The van der Waals surface area contributed by atoms with E-state index in [2.05, 4.69) is 10.3 Å². The molecule has 2 aromatic heterocycles. The number of rotatable bonds is 5. The number of nitrogens with zero attached hydrogens (tertiary/aromatic N) is 2. The van der Waals surface area contributed by atoms with Gasteiger partial charge in [0, 0.05) is 7.05 Å². The Morgan fingerprint density at radius 2 is 2.30 bits per heavy atom. The smallest absolute Gasteiger partial charge is 0.313 e. The number of carboxylic acid groups (broad SMARTS) is 1. The van der Waals surface area contributed by atoms with Gasteiger partial charge in [-0.05, 0) is 11.4 Å². The van der Waals surface area contributed by atoms with Crippen LogP contribution in [0.5, 0.6) is 0 Å². The molecule has 0 atom stereocenters. The van der Waals surface area contributed by atoms with Crippen molar-refractivity contribution in [2.75, 3.05) is 12.8 Å². The molecule has 106 valence electrons. The van der Waals surface area contributed by atoms with Gasteiger partial charge in [0.25, 0.3) is 5.56 Å². The lowest BCUT2D eigenvalue weighted by molar-refractivity contribution is -0.133. The summed E-state index contributed by atoms with van der Waals surface area (Å²) in [5.41, 5.74) is 0.183. The van der Waals surface area contributed by atoms with E-state index in [9.17, 15) is 14.4 Å². The molecule has 0 radical (unpaired) electrons. The van der Waals surface area contributed by atoms with Crippen LogP contribution >= 0.6 is 23.1 Å². The molecule has 0 aliphatic rings. The number of carbonyl (C=O) groups excluding carboxylic acids is 1. The van der Waals surface area contributed by atoms with Gasteiger partial charge in [0.15, 0.2) is 5.16 Å². The first-order valence-corrected chi connectivity index (χ1v) is 7.42. The second-order valence-corrected chi connectivity index (χ2v) is 5.63. The molecule has 0 aromatic carbocycles. The second kappa shape index (κ2) is 6.06. The first kappa shape index (κ1) is 14.5. The summed E-state index contributed by atoms with van der Waals surface area (Å²) < 4.78 is 1.65. The highest BCUT2D eigenvalue weighted by atomic mass is 32.2. The summed E-state index contributed by atoms with van der Waals surface area (Å²) >= 11 is 2.16. The van der Waals surface area contributed by atoms with E-state index in [1.807, 2.05) is 0 Å². The minimum Gasteiger partial charge on any atom is -0.481 e. The van der Waals surface area contributed by atoms with Crippen LogP contribution in [-0.2, 0) is 16.1 Å². The normalized spacial score (nSPS) is 10.7. The number of nitrogens with one attached hydrogen (secondary N) is 1. The van der Waals surface area contributed by atoms with Gasteiger partial charge in [-0.2, -0.15) is 0 Å². The molecular formula is C11H11N3O4S2. The van der Waals surface area contributed by atoms with Crippen LogP contribution in [-0.4, -0.2) is 39.3 Å². The van der Waals surface area contributed by atoms with Crippen LogP contribution in [0.4, 0.5) is 0 Å². The van der Waals surface area contributed by atoms with Gasteiger partial charge in [-0.15, -0.1) is 11.3 Å². The fourth-order valence-corrected chi connectivity index (χ4v) is 3.02. The highest BCUT2D eigenvalue weighted by molar-refractivity contribution is 7.99. The Hall–Kier alpha value is -1.87. The van der Waals surface area contributed by atoms with Crippen molar-refractivity contribution in [2.24, 2.45) is 0 Å². The maximum absolute atomic E-state index is 12.3. The fraction of sp³-hybridized carbons (Fsp3) is 0.273. The molecule has 0 fully saturated rings. The predicted octanol–water partition coefficient (Wildman–Crippen LogP) is 0.381. The quantitative estimate of drug-likeness (QED) is 0.611. The van der Waals surface area contributed by atoms with Gasteiger partial charge in [-0.3, -0.25) is 19.0 Å². The largest absolute Gasteiger partial charge is 0.481 e. The van der Waals surface area contributed by atoms with Crippen LogP contribution in [0.1, 0.15) is 0 Å².